The number of aromatic nitrogens is 1. The number of carbonyl (C=O) groups is 1. The molecule has 0 saturated carbocycles. The van der Waals surface area contributed by atoms with Crippen LogP contribution in [0.5, 0.6) is 0 Å². The number of hydrogen-bond acceptors (Lipinski definition) is 3. The van der Waals surface area contributed by atoms with Gasteiger partial charge in [0.25, 0.3) is 5.91 Å². The topological polar surface area (TPSA) is 77.1 Å². The molecule has 0 aliphatic heterocycles. The van der Waals surface area contributed by atoms with Crippen LogP contribution in [0.25, 0.3) is 5.69 Å². The van der Waals surface area contributed by atoms with Gasteiger partial charge in [-0.25, -0.2) is 5.84 Å². The first kappa shape index (κ1) is 16.0. The van der Waals surface area contributed by atoms with Crippen LogP contribution >= 0.6 is 0 Å². The summed E-state index contributed by atoms with van der Waals surface area (Å²) < 4.78 is 1.82. The molecular formula is C17H21N3O2. The van der Waals surface area contributed by atoms with Crippen molar-refractivity contribution in [3.8, 4) is 5.69 Å². The molecule has 5 nitrogen and oxygen atoms in total. The van der Waals surface area contributed by atoms with Crippen LogP contribution in [-0.4, -0.2) is 10.5 Å². The van der Waals surface area contributed by atoms with Crippen LogP contribution in [0.4, 0.5) is 0 Å². The Balaban J connectivity index is 2.39. The Morgan fingerprint density at radius 2 is 1.95 bits per heavy atom. The predicted molar refractivity (Wildman–Crippen MR) is 87.0 cm³/mol. The van der Waals surface area contributed by atoms with Gasteiger partial charge >= 0.3 is 0 Å². The quantitative estimate of drug-likeness (QED) is 0.504. The average molecular weight is 299 g/mol. The van der Waals surface area contributed by atoms with Crippen LogP contribution in [0.1, 0.15) is 41.4 Å². The van der Waals surface area contributed by atoms with Crippen LogP contribution in [0.3, 0.4) is 0 Å². The summed E-state index contributed by atoms with van der Waals surface area (Å²) in [5.74, 6) is 4.53. The van der Waals surface area contributed by atoms with Crippen molar-refractivity contribution in [2.24, 2.45) is 5.84 Å². The molecule has 5 heteroatoms. The van der Waals surface area contributed by atoms with E-state index in [4.69, 9.17) is 5.84 Å². The molecule has 1 amide bonds. The summed E-state index contributed by atoms with van der Waals surface area (Å²) in [5.41, 5.74) is 4.65. The highest BCUT2D eigenvalue weighted by atomic mass is 16.2. The molecule has 0 atom stereocenters. The summed E-state index contributed by atoms with van der Waals surface area (Å²) in [5, 5.41) is 0. The summed E-state index contributed by atoms with van der Waals surface area (Å²) in [6.45, 7) is 4.00. The van der Waals surface area contributed by atoms with Gasteiger partial charge in [-0.2, -0.15) is 0 Å². The summed E-state index contributed by atoms with van der Waals surface area (Å²) in [4.78, 5) is 23.5. The highest BCUT2D eigenvalue weighted by molar-refractivity contribution is 5.93. The minimum absolute atomic E-state index is 0.0307. The standard InChI is InChI=1S/C17H21N3O2/c1-3-4-5-13-6-8-14(9-7-13)20-11-15(17(22)19-18)16(21)10-12(20)2/h6-11H,3-5,18H2,1-2H3,(H,19,22). The van der Waals surface area contributed by atoms with E-state index in [1.54, 1.807) is 0 Å². The maximum Gasteiger partial charge on any atom is 0.270 e. The second kappa shape index (κ2) is 7.04. The van der Waals surface area contributed by atoms with Crippen LogP contribution < -0.4 is 16.7 Å². The largest absolute Gasteiger partial charge is 0.320 e. The van der Waals surface area contributed by atoms with Crippen molar-refractivity contribution in [2.75, 3.05) is 0 Å². The summed E-state index contributed by atoms with van der Waals surface area (Å²) in [6, 6.07) is 9.57. The van der Waals surface area contributed by atoms with Gasteiger partial charge in [0, 0.05) is 23.6 Å². The number of carbonyl (C=O) groups excluding carboxylic acids is 1. The monoisotopic (exact) mass is 299 g/mol. The Hall–Kier alpha value is -2.40. The normalized spacial score (nSPS) is 10.5. The summed E-state index contributed by atoms with van der Waals surface area (Å²) in [6.07, 6.45) is 4.91. The molecule has 22 heavy (non-hydrogen) atoms. The number of unbranched alkanes of at least 4 members (excludes halogenated alkanes) is 1. The van der Waals surface area contributed by atoms with Crippen molar-refractivity contribution in [2.45, 2.75) is 33.1 Å². The van der Waals surface area contributed by atoms with Crippen molar-refractivity contribution in [3.05, 3.63) is 63.6 Å². The van der Waals surface area contributed by atoms with E-state index in [0.29, 0.717) is 0 Å². The van der Waals surface area contributed by atoms with E-state index in [0.717, 1.165) is 30.6 Å². The third-order valence-corrected chi connectivity index (χ3v) is 3.65. The molecule has 0 aliphatic carbocycles. The van der Waals surface area contributed by atoms with Gasteiger partial charge in [-0.05, 0) is 37.5 Å². The molecule has 0 bridgehead atoms. The van der Waals surface area contributed by atoms with Crippen molar-refractivity contribution in [1.82, 2.24) is 9.99 Å². The van der Waals surface area contributed by atoms with Gasteiger partial charge in [0.05, 0.1) is 0 Å². The highest BCUT2D eigenvalue weighted by Gasteiger charge is 2.11. The zero-order valence-electron chi connectivity index (χ0n) is 12.9. The average Bonchev–Trinajstić information content (AvgIpc) is 2.53. The molecule has 2 aromatic rings. The number of nitrogens with zero attached hydrogens (tertiary/aromatic N) is 1. The molecule has 0 fully saturated rings. The van der Waals surface area contributed by atoms with E-state index in [-0.39, 0.29) is 11.0 Å². The van der Waals surface area contributed by atoms with E-state index in [1.165, 1.54) is 17.8 Å². The Kier molecular flexibility index (Phi) is 5.12. The second-order valence-electron chi connectivity index (χ2n) is 5.31. The van der Waals surface area contributed by atoms with Crippen molar-refractivity contribution >= 4 is 5.91 Å². The molecule has 0 radical (unpaired) electrons. The Morgan fingerprint density at radius 1 is 1.27 bits per heavy atom. The molecule has 1 aromatic carbocycles. The van der Waals surface area contributed by atoms with Crippen LogP contribution in [0.2, 0.25) is 0 Å². The fourth-order valence-corrected chi connectivity index (χ4v) is 2.36. The van der Waals surface area contributed by atoms with Crippen molar-refractivity contribution in [1.29, 1.82) is 0 Å². The number of pyridine rings is 1. The van der Waals surface area contributed by atoms with Gasteiger partial charge in [-0.3, -0.25) is 15.0 Å². The zero-order chi connectivity index (χ0) is 16.1. The van der Waals surface area contributed by atoms with E-state index in [2.05, 4.69) is 19.1 Å². The molecule has 3 N–H and O–H groups in total. The van der Waals surface area contributed by atoms with Gasteiger partial charge < -0.3 is 4.57 Å². The number of nitrogens with one attached hydrogen (secondary N) is 1. The van der Waals surface area contributed by atoms with Crippen LogP contribution in [-0.2, 0) is 6.42 Å². The number of nitrogens with two attached hydrogens (primary N) is 1. The first-order valence-corrected chi connectivity index (χ1v) is 7.40. The number of hydrogen-bond donors (Lipinski definition) is 2. The lowest BCUT2D eigenvalue weighted by Gasteiger charge is -2.13. The smallest absolute Gasteiger partial charge is 0.270 e. The van der Waals surface area contributed by atoms with Gasteiger partial charge in [0.15, 0.2) is 5.43 Å². The zero-order valence-corrected chi connectivity index (χ0v) is 12.9. The lowest BCUT2D eigenvalue weighted by molar-refractivity contribution is 0.0952. The molecular weight excluding hydrogens is 278 g/mol. The molecule has 116 valence electrons. The molecule has 0 saturated heterocycles. The number of rotatable bonds is 5. The molecule has 0 spiro atoms. The molecule has 1 aromatic heterocycles. The third-order valence-electron chi connectivity index (χ3n) is 3.65. The lowest BCUT2D eigenvalue weighted by Crippen LogP contribution is -2.34. The predicted octanol–water partition coefficient (Wildman–Crippen LogP) is 2.09. The number of hydrazine groups is 1. The Labute approximate surface area is 129 Å². The Bertz CT molecular complexity index is 718. The first-order chi connectivity index (χ1) is 10.6. The minimum Gasteiger partial charge on any atom is -0.320 e. The Morgan fingerprint density at radius 3 is 2.55 bits per heavy atom. The van der Waals surface area contributed by atoms with Crippen molar-refractivity contribution in [3.63, 3.8) is 0 Å². The van der Waals surface area contributed by atoms with Gasteiger partial charge in [0.1, 0.15) is 5.56 Å². The maximum absolute atomic E-state index is 11.9. The van der Waals surface area contributed by atoms with E-state index in [1.807, 2.05) is 29.0 Å². The fraction of sp³-hybridized carbons (Fsp3) is 0.294. The van der Waals surface area contributed by atoms with Gasteiger partial charge in [-0.1, -0.05) is 25.5 Å². The number of nitrogen functional groups attached to an aromatic ring is 1. The first-order valence-electron chi connectivity index (χ1n) is 7.40. The van der Waals surface area contributed by atoms with Gasteiger partial charge in [0.2, 0.25) is 0 Å². The summed E-state index contributed by atoms with van der Waals surface area (Å²) in [7, 11) is 0. The third kappa shape index (κ3) is 3.43. The number of aryl methyl sites for hydroxylation is 2. The fourth-order valence-electron chi connectivity index (χ4n) is 2.36. The summed E-state index contributed by atoms with van der Waals surface area (Å²) >= 11 is 0. The molecule has 0 unspecified atom stereocenters. The number of benzene rings is 1. The van der Waals surface area contributed by atoms with Crippen LogP contribution in [0, 0.1) is 6.92 Å². The van der Waals surface area contributed by atoms with Crippen LogP contribution in [0.15, 0.2) is 41.3 Å². The molecule has 0 aliphatic rings. The minimum atomic E-state index is -0.585. The van der Waals surface area contributed by atoms with E-state index >= 15 is 0 Å². The highest BCUT2D eigenvalue weighted by Crippen LogP contribution is 2.14. The second-order valence-corrected chi connectivity index (χ2v) is 5.31. The van der Waals surface area contributed by atoms with Crippen molar-refractivity contribution < 1.29 is 4.79 Å². The molecule has 2 rings (SSSR count). The van der Waals surface area contributed by atoms with Gasteiger partial charge in [-0.15, -0.1) is 0 Å². The van der Waals surface area contributed by atoms with E-state index < -0.39 is 5.91 Å². The lowest BCUT2D eigenvalue weighted by atomic mass is 10.1. The molecule has 1 heterocycles. The van der Waals surface area contributed by atoms with E-state index in [9.17, 15) is 9.59 Å². The number of amides is 1. The SMILES string of the molecule is CCCCc1ccc(-n2cc(C(=O)NN)c(=O)cc2C)cc1. The maximum atomic E-state index is 11.9.